The van der Waals surface area contributed by atoms with Crippen molar-refractivity contribution in [3.05, 3.63) is 29.8 Å². The molecular weight excluding hydrogens is 304 g/mol. The summed E-state index contributed by atoms with van der Waals surface area (Å²) in [4.78, 5) is 12.0. The molecule has 0 saturated carbocycles. The number of sulfonamides is 1. The van der Waals surface area contributed by atoms with Crippen LogP contribution in [0.2, 0.25) is 0 Å². The predicted molar refractivity (Wildman–Crippen MR) is 86.2 cm³/mol. The number of hydrogen-bond acceptors (Lipinski definition) is 4. The topological polar surface area (TPSA) is 84.5 Å². The molecule has 0 saturated heterocycles. The Hall–Kier alpha value is -1.60. The third kappa shape index (κ3) is 6.44. The van der Waals surface area contributed by atoms with Crippen LogP contribution in [0.1, 0.15) is 38.3 Å². The van der Waals surface area contributed by atoms with Gasteiger partial charge in [0.2, 0.25) is 15.9 Å². The normalized spacial score (nSPS) is 14.2. The van der Waals surface area contributed by atoms with E-state index in [0.717, 1.165) is 12.7 Å². The van der Waals surface area contributed by atoms with E-state index in [9.17, 15) is 13.2 Å². The summed E-state index contributed by atoms with van der Waals surface area (Å²) in [6.07, 6.45) is 1.94. The molecule has 2 unspecified atom stereocenters. The van der Waals surface area contributed by atoms with Crippen LogP contribution in [0.3, 0.4) is 0 Å². The van der Waals surface area contributed by atoms with Gasteiger partial charge in [-0.15, -0.1) is 0 Å². The van der Waals surface area contributed by atoms with Crippen molar-refractivity contribution in [3.63, 3.8) is 0 Å². The summed E-state index contributed by atoms with van der Waals surface area (Å²) in [7, 11) is -1.87. The number of carbonyl (C=O) groups excluding carboxylic acids is 1. The minimum Gasteiger partial charge on any atom is -0.497 e. The standard InChI is InChI=1S/C15H24N2O4S/c1-5-11(2)16-15(18)10-14(17-22(4,19)20)12-6-8-13(21-3)9-7-12/h6-9,11,14,17H,5,10H2,1-4H3,(H,16,18). The number of amides is 1. The second kappa shape index (κ2) is 8.14. The molecule has 0 aromatic heterocycles. The molecule has 0 bridgehead atoms. The summed E-state index contributed by atoms with van der Waals surface area (Å²) < 4.78 is 30.6. The van der Waals surface area contributed by atoms with E-state index < -0.39 is 16.1 Å². The van der Waals surface area contributed by atoms with Gasteiger partial charge >= 0.3 is 0 Å². The van der Waals surface area contributed by atoms with E-state index in [1.807, 2.05) is 13.8 Å². The van der Waals surface area contributed by atoms with Gasteiger partial charge in [-0.2, -0.15) is 0 Å². The van der Waals surface area contributed by atoms with Crippen LogP contribution in [0.5, 0.6) is 5.75 Å². The van der Waals surface area contributed by atoms with Crippen molar-refractivity contribution >= 4 is 15.9 Å². The Bertz CT molecular complexity index is 584. The van der Waals surface area contributed by atoms with E-state index in [1.54, 1.807) is 31.4 Å². The van der Waals surface area contributed by atoms with Crippen LogP contribution in [0.4, 0.5) is 0 Å². The third-order valence-corrected chi connectivity index (χ3v) is 4.00. The molecule has 7 heteroatoms. The Morgan fingerprint density at radius 2 is 1.86 bits per heavy atom. The van der Waals surface area contributed by atoms with Crippen LogP contribution in [0, 0.1) is 0 Å². The van der Waals surface area contributed by atoms with E-state index in [4.69, 9.17) is 4.74 Å². The zero-order chi connectivity index (χ0) is 16.8. The highest BCUT2D eigenvalue weighted by Gasteiger charge is 2.20. The van der Waals surface area contributed by atoms with Gasteiger partial charge in [0.1, 0.15) is 5.75 Å². The van der Waals surface area contributed by atoms with Crippen LogP contribution in [-0.4, -0.2) is 33.7 Å². The molecule has 0 fully saturated rings. The van der Waals surface area contributed by atoms with Gasteiger partial charge in [-0.1, -0.05) is 19.1 Å². The zero-order valence-corrected chi connectivity index (χ0v) is 14.2. The van der Waals surface area contributed by atoms with Crippen LogP contribution >= 0.6 is 0 Å². The lowest BCUT2D eigenvalue weighted by atomic mass is 10.0. The van der Waals surface area contributed by atoms with Crippen molar-refractivity contribution in [1.82, 2.24) is 10.0 Å². The highest BCUT2D eigenvalue weighted by atomic mass is 32.2. The average Bonchev–Trinajstić information content (AvgIpc) is 2.45. The first-order valence-corrected chi connectivity index (χ1v) is 9.05. The Morgan fingerprint density at radius 1 is 1.27 bits per heavy atom. The summed E-state index contributed by atoms with van der Waals surface area (Å²) in [5.74, 6) is 0.484. The largest absolute Gasteiger partial charge is 0.497 e. The number of carbonyl (C=O) groups is 1. The molecular formula is C15H24N2O4S. The molecule has 0 aliphatic heterocycles. The lowest BCUT2D eigenvalue weighted by Gasteiger charge is -2.19. The van der Waals surface area contributed by atoms with Gasteiger partial charge in [-0.3, -0.25) is 4.79 Å². The lowest BCUT2D eigenvalue weighted by Crippen LogP contribution is -2.36. The van der Waals surface area contributed by atoms with Crippen molar-refractivity contribution in [3.8, 4) is 5.75 Å². The van der Waals surface area contributed by atoms with Gasteiger partial charge in [-0.05, 0) is 31.0 Å². The van der Waals surface area contributed by atoms with Crippen molar-refractivity contribution in [2.75, 3.05) is 13.4 Å². The Morgan fingerprint density at radius 3 is 2.32 bits per heavy atom. The van der Waals surface area contributed by atoms with Gasteiger partial charge < -0.3 is 10.1 Å². The SMILES string of the molecule is CCC(C)NC(=O)CC(NS(C)(=O)=O)c1ccc(OC)cc1. The molecule has 22 heavy (non-hydrogen) atoms. The highest BCUT2D eigenvalue weighted by molar-refractivity contribution is 7.88. The zero-order valence-electron chi connectivity index (χ0n) is 13.4. The molecule has 6 nitrogen and oxygen atoms in total. The van der Waals surface area contributed by atoms with Crippen LogP contribution in [0.15, 0.2) is 24.3 Å². The Labute approximate surface area is 132 Å². The first-order valence-electron chi connectivity index (χ1n) is 7.15. The van der Waals surface area contributed by atoms with Gasteiger partial charge in [0.25, 0.3) is 0 Å². The smallest absolute Gasteiger partial charge is 0.222 e. The number of ether oxygens (including phenoxy) is 1. The van der Waals surface area contributed by atoms with Crippen molar-refractivity contribution in [1.29, 1.82) is 0 Å². The van der Waals surface area contributed by atoms with E-state index >= 15 is 0 Å². The molecule has 1 aromatic rings. The third-order valence-electron chi connectivity index (χ3n) is 3.28. The number of benzene rings is 1. The number of rotatable bonds is 8. The monoisotopic (exact) mass is 328 g/mol. The van der Waals surface area contributed by atoms with Crippen LogP contribution < -0.4 is 14.8 Å². The molecule has 0 aliphatic rings. The van der Waals surface area contributed by atoms with E-state index in [-0.39, 0.29) is 18.4 Å². The fourth-order valence-electron chi connectivity index (χ4n) is 1.94. The maximum Gasteiger partial charge on any atom is 0.222 e. The van der Waals surface area contributed by atoms with Gasteiger partial charge in [0.15, 0.2) is 0 Å². The molecule has 1 aromatic carbocycles. The average molecular weight is 328 g/mol. The Kier molecular flexibility index (Phi) is 6.83. The maximum absolute atomic E-state index is 12.0. The van der Waals surface area contributed by atoms with E-state index in [1.165, 1.54) is 0 Å². The molecule has 124 valence electrons. The van der Waals surface area contributed by atoms with Crippen molar-refractivity contribution in [2.24, 2.45) is 0 Å². The first-order chi connectivity index (χ1) is 10.2. The predicted octanol–water partition coefficient (Wildman–Crippen LogP) is 1.59. The summed E-state index contributed by atoms with van der Waals surface area (Å²) in [6.45, 7) is 3.88. The molecule has 0 radical (unpaired) electrons. The quantitative estimate of drug-likeness (QED) is 0.759. The van der Waals surface area contributed by atoms with E-state index in [2.05, 4.69) is 10.0 Å². The summed E-state index contributed by atoms with van der Waals surface area (Å²) in [5.41, 5.74) is 0.713. The number of hydrogen-bond donors (Lipinski definition) is 2. The molecule has 0 spiro atoms. The Balaban J connectivity index is 2.90. The fraction of sp³-hybridized carbons (Fsp3) is 0.533. The van der Waals surface area contributed by atoms with Gasteiger partial charge in [0, 0.05) is 12.5 Å². The summed E-state index contributed by atoms with van der Waals surface area (Å²) in [6, 6.07) is 6.42. The minimum atomic E-state index is -3.43. The van der Waals surface area contributed by atoms with Crippen molar-refractivity contribution in [2.45, 2.75) is 38.8 Å². The second-order valence-corrected chi connectivity index (χ2v) is 7.08. The number of methoxy groups -OCH3 is 1. The minimum absolute atomic E-state index is 0.0454. The van der Waals surface area contributed by atoms with Crippen LogP contribution in [-0.2, 0) is 14.8 Å². The first kappa shape index (κ1) is 18.4. The highest BCUT2D eigenvalue weighted by Crippen LogP contribution is 2.21. The van der Waals surface area contributed by atoms with Gasteiger partial charge in [0.05, 0.1) is 19.4 Å². The lowest BCUT2D eigenvalue weighted by molar-refractivity contribution is -0.122. The number of nitrogens with one attached hydrogen (secondary N) is 2. The maximum atomic E-state index is 12.0. The molecule has 0 heterocycles. The second-order valence-electron chi connectivity index (χ2n) is 5.30. The molecule has 0 aliphatic carbocycles. The molecule has 2 N–H and O–H groups in total. The van der Waals surface area contributed by atoms with Gasteiger partial charge in [-0.25, -0.2) is 13.1 Å². The fourth-order valence-corrected chi connectivity index (χ4v) is 2.68. The summed E-state index contributed by atoms with van der Waals surface area (Å²) >= 11 is 0. The molecule has 1 rings (SSSR count). The molecule has 2 atom stereocenters. The van der Waals surface area contributed by atoms with Crippen molar-refractivity contribution < 1.29 is 17.9 Å². The van der Waals surface area contributed by atoms with Crippen LogP contribution in [0.25, 0.3) is 0 Å². The molecule has 1 amide bonds. The summed E-state index contributed by atoms with van der Waals surface area (Å²) in [5, 5.41) is 2.84. The van der Waals surface area contributed by atoms with E-state index in [0.29, 0.717) is 11.3 Å².